The molecular formula is C20H24N4O5S2. The number of rotatable bonds is 9. The molecule has 1 aliphatic rings. The number of thiophene rings is 1. The lowest BCUT2D eigenvalue weighted by Crippen LogP contribution is -2.48. The Balaban J connectivity index is 1.58. The highest BCUT2D eigenvalue weighted by Crippen LogP contribution is 2.31. The number of hydrogen-bond acceptors (Lipinski definition) is 6. The largest absolute Gasteiger partial charge is 0.344 e. The first kappa shape index (κ1) is 22.9. The number of hydrogen-bond donors (Lipinski definition) is 2. The van der Waals surface area contributed by atoms with Gasteiger partial charge < -0.3 is 5.32 Å². The molecule has 1 fully saturated rings. The first-order chi connectivity index (χ1) is 14.7. The van der Waals surface area contributed by atoms with E-state index >= 15 is 0 Å². The third kappa shape index (κ3) is 4.48. The van der Waals surface area contributed by atoms with E-state index in [4.69, 9.17) is 0 Å². The molecule has 0 radical (unpaired) electrons. The molecule has 1 unspecified atom stereocenters. The van der Waals surface area contributed by atoms with E-state index in [1.807, 2.05) is 6.07 Å². The van der Waals surface area contributed by atoms with Crippen molar-refractivity contribution in [2.24, 2.45) is 0 Å². The molecule has 2 N–H and O–H groups in total. The molecule has 0 saturated carbocycles. The summed E-state index contributed by atoms with van der Waals surface area (Å²) in [6.07, 6.45) is 0.499. The summed E-state index contributed by atoms with van der Waals surface area (Å²) < 4.78 is 26.2. The maximum absolute atomic E-state index is 13.0. The van der Waals surface area contributed by atoms with Crippen molar-refractivity contribution < 1.29 is 22.8 Å². The third-order valence-corrected chi connectivity index (χ3v) is 8.39. The van der Waals surface area contributed by atoms with Gasteiger partial charge in [0.15, 0.2) is 0 Å². The van der Waals surface area contributed by atoms with E-state index in [-0.39, 0.29) is 23.6 Å². The average Bonchev–Trinajstić information content (AvgIpc) is 3.38. The highest BCUT2D eigenvalue weighted by molar-refractivity contribution is 7.91. The van der Waals surface area contributed by atoms with Crippen molar-refractivity contribution in [1.82, 2.24) is 20.1 Å². The van der Waals surface area contributed by atoms with Crippen molar-refractivity contribution in [3.05, 3.63) is 53.4 Å². The van der Waals surface area contributed by atoms with E-state index in [2.05, 4.69) is 10.7 Å². The predicted molar refractivity (Wildman–Crippen MR) is 115 cm³/mol. The Kier molecular flexibility index (Phi) is 6.77. The molecule has 1 aliphatic heterocycles. The van der Waals surface area contributed by atoms with Gasteiger partial charge in [-0.3, -0.25) is 15.0 Å². The summed E-state index contributed by atoms with van der Waals surface area (Å²) in [5.41, 5.74) is 1.74. The van der Waals surface area contributed by atoms with Crippen molar-refractivity contribution in [3.8, 4) is 0 Å². The zero-order valence-corrected chi connectivity index (χ0v) is 18.8. The van der Waals surface area contributed by atoms with Crippen molar-refractivity contribution in [2.75, 3.05) is 13.6 Å². The van der Waals surface area contributed by atoms with E-state index in [0.29, 0.717) is 17.0 Å². The molecule has 11 heteroatoms. The standard InChI is InChI=1S/C20H24N4O5S2/c1-3-20(15-9-5-4-6-10-15)18(26)24(19(27)21-20)22-16(25)11-7-13-23(2)31(28,29)17-12-8-14-30-17/h4-6,8-10,12,14H,3,7,11,13H2,1-2H3,(H,21,27)(H,22,25). The van der Waals surface area contributed by atoms with Crippen LogP contribution in [0.4, 0.5) is 4.79 Å². The van der Waals surface area contributed by atoms with Gasteiger partial charge in [0, 0.05) is 20.0 Å². The Bertz CT molecular complexity index is 1060. The van der Waals surface area contributed by atoms with Crippen LogP contribution in [-0.4, -0.2) is 49.2 Å². The zero-order chi connectivity index (χ0) is 22.6. The summed E-state index contributed by atoms with van der Waals surface area (Å²) in [4.78, 5) is 37.7. The molecule has 166 valence electrons. The maximum atomic E-state index is 13.0. The van der Waals surface area contributed by atoms with E-state index in [9.17, 15) is 22.8 Å². The molecule has 9 nitrogen and oxygen atoms in total. The Morgan fingerprint density at radius 2 is 1.90 bits per heavy atom. The van der Waals surface area contributed by atoms with Crippen molar-refractivity contribution in [2.45, 2.75) is 35.9 Å². The summed E-state index contributed by atoms with van der Waals surface area (Å²) >= 11 is 1.12. The zero-order valence-electron chi connectivity index (χ0n) is 17.2. The molecule has 31 heavy (non-hydrogen) atoms. The molecule has 3 rings (SSSR count). The van der Waals surface area contributed by atoms with Gasteiger partial charge in [-0.25, -0.2) is 17.5 Å². The lowest BCUT2D eigenvalue weighted by molar-refractivity contribution is -0.139. The first-order valence-corrected chi connectivity index (χ1v) is 12.1. The van der Waals surface area contributed by atoms with Crippen LogP contribution in [0.2, 0.25) is 0 Å². The monoisotopic (exact) mass is 464 g/mol. The second kappa shape index (κ2) is 9.16. The van der Waals surface area contributed by atoms with Gasteiger partial charge in [0.05, 0.1) is 0 Å². The number of nitrogens with zero attached hydrogens (tertiary/aromatic N) is 2. The second-order valence-electron chi connectivity index (χ2n) is 7.09. The normalized spacial score (nSPS) is 19.0. The SMILES string of the molecule is CCC1(c2ccccc2)NC(=O)N(NC(=O)CCCN(C)S(=O)(=O)c2cccs2)C1=O. The molecule has 0 bridgehead atoms. The number of carbonyl (C=O) groups is 3. The van der Waals surface area contributed by atoms with Gasteiger partial charge in [-0.2, -0.15) is 5.01 Å². The van der Waals surface area contributed by atoms with Crippen molar-refractivity contribution in [3.63, 3.8) is 0 Å². The lowest BCUT2D eigenvalue weighted by Gasteiger charge is -2.25. The summed E-state index contributed by atoms with van der Waals surface area (Å²) in [6.45, 7) is 1.90. The van der Waals surface area contributed by atoms with E-state index in [0.717, 1.165) is 11.3 Å². The van der Waals surface area contributed by atoms with Crippen LogP contribution in [0.15, 0.2) is 52.1 Å². The highest BCUT2D eigenvalue weighted by atomic mass is 32.2. The Morgan fingerprint density at radius 3 is 2.52 bits per heavy atom. The van der Waals surface area contributed by atoms with Crippen LogP contribution in [-0.2, 0) is 25.2 Å². The Hall–Kier alpha value is -2.76. The molecule has 1 atom stereocenters. The minimum absolute atomic E-state index is 0.0498. The summed E-state index contributed by atoms with van der Waals surface area (Å²) in [5, 5.41) is 5.06. The number of carbonyl (C=O) groups excluding carboxylic acids is 3. The summed E-state index contributed by atoms with van der Waals surface area (Å²) in [6, 6.07) is 11.3. The molecule has 2 aromatic rings. The van der Waals surface area contributed by atoms with E-state index in [1.54, 1.807) is 42.6 Å². The molecule has 1 aromatic carbocycles. The topological polar surface area (TPSA) is 116 Å². The number of imide groups is 1. The summed E-state index contributed by atoms with van der Waals surface area (Å²) in [7, 11) is -2.15. The predicted octanol–water partition coefficient (Wildman–Crippen LogP) is 2.04. The van der Waals surface area contributed by atoms with Crippen LogP contribution < -0.4 is 10.7 Å². The van der Waals surface area contributed by atoms with E-state index in [1.165, 1.54) is 17.4 Å². The fourth-order valence-corrected chi connectivity index (χ4v) is 5.78. The minimum Gasteiger partial charge on any atom is -0.318 e. The molecule has 1 aromatic heterocycles. The van der Waals surface area contributed by atoms with Gasteiger partial charge in [-0.1, -0.05) is 43.3 Å². The molecule has 1 saturated heterocycles. The lowest BCUT2D eigenvalue weighted by atomic mass is 9.87. The maximum Gasteiger partial charge on any atom is 0.344 e. The van der Waals surface area contributed by atoms with Crippen LogP contribution >= 0.6 is 11.3 Å². The smallest absolute Gasteiger partial charge is 0.318 e. The highest BCUT2D eigenvalue weighted by Gasteiger charge is 2.52. The van der Waals surface area contributed by atoms with Crippen LogP contribution in [0.5, 0.6) is 0 Å². The fraction of sp³-hybridized carbons (Fsp3) is 0.350. The third-order valence-electron chi connectivity index (χ3n) is 5.16. The van der Waals surface area contributed by atoms with Crippen molar-refractivity contribution >= 4 is 39.2 Å². The molecule has 4 amide bonds. The van der Waals surface area contributed by atoms with Gasteiger partial charge in [0.25, 0.3) is 15.9 Å². The Morgan fingerprint density at radius 1 is 1.19 bits per heavy atom. The van der Waals surface area contributed by atoms with Crippen LogP contribution in [0.3, 0.4) is 0 Å². The number of sulfonamides is 1. The number of urea groups is 1. The number of nitrogens with one attached hydrogen (secondary N) is 2. The van der Waals surface area contributed by atoms with Gasteiger partial charge >= 0.3 is 6.03 Å². The number of amides is 4. The molecule has 2 heterocycles. The minimum atomic E-state index is -3.59. The Labute approximate surface area is 185 Å². The fourth-order valence-electron chi connectivity index (χ4n) is 3.37. The number of benzene rings is 1. The van der Waals surface area contributed by atoms with Gasteiger partial charge in [0.1, 0.15) is 9.75 Å². The van der Waals surface area contributed by atoms with Gasteiger partial charge in [-0.05, 0) is 29.9 Å². The van der Waals surface area contributed by atoms with Crippen LogP contribution in [0.25, 0.3) is 0 Å². The number of hydrazine groups is 1. The second-order valence-corrected chi connectivity index (χ2v) is 10.3. The quantitative estimate of drug-likeness (QED) is 0.551. The van der Waals surface area contributed by atoms with Crippen LogP contribution in [0, 0.1) is 0 Å². The summed E-state index contributed by atoms with van der Waals surface area (Å²) in [5.74, 6) is -1.11. The average molecular weight is 465 g/mol. The molecule has 0 spiro atoms. The van der Waals surface area contributed by atoms with E-state index < -0.39 is 33.4 Å². The van der Waals surface area contributed by atoms with Gasteiger partial charge in [-0.15, -0.1) is 11.3 Å². The van der Waals surface area contributed by atoms with Crippen molar-refractivity contribution in [1.29, 1.82) is 0 Å². The first-order valence-electron chi connectivity index (χ1n) is 9.74. The molecular weight excluding hydrogens is 440 g/mol. The van der Waals surface area contributed by atoms with Gasteiger partial charge in [0.2, 0.25) is 5.91 Å². The molecule has 0 aliphatic carbocycles. The van der Waals surface area contributed by atoms with Crippen LogP contribution in [0.1, 0.15) is 31.7 Å².